The lowest BCUT2D eigenvalue weighted by Crippen LogP contribution is -2.53. The first-order chi connectivity index (χ1) is 15.9. The standard InChI is InChI=1S/C27H43N3O4/c1-9-10-11-14-28-24(31)23(21-13-12-17(2)15-18(21)3)30(22-16-19(22)4)25(32)20(5)29-26(33)34-27(6,7)8/h12-13,15,19-20,22-23H,9-11,14,16H2,1-8H3,(H,28,31)(H,29,33). The highest BCUT2D eigenvalue weighted by Gasteiger charge is 2.47. The molecule has 0 aromatic heterocycles. The van der Waals surface area contributed by atoms with Gasteiger partial charge in [0.05, 0.1) is 0 Å². The van der Waals surface area contributed by atoms with Gasteiger partial charge in [0.25, 0.3) is 0 Å². The normalized spacial score (nSPS) is 19.1. The van der Waals surface area contributed by atoms with Crippen LogP contribution >= 0.6 is 0 Å². The fourth-order valence-electron chi connectivity index (χ4n) is 4.17. The van der Waals surface area contributed by atoms with Crippen LogP contribution < -0.4 is 10.6 Å². The average Bonchev–Trinajstić information content (AvgIpc) is 3.43. The highest BCUT2D eigenvalue weighted by molar-refractivity contribution is 5.92. The zero-order chi connectivity index (χ0) is 25.6. The first kappa shape index (κ1) is 27.7. The van der Waals surface area contributed by atoms with Gasteiger partial charge in [-0.05, 0) is 71.4 Å². The summed E-state index contributed by atoms with van der Waals surface area (Å²) in [6.45, 7) is 15.7. The summed E-state index contributed by atoms with van der Waals surface area (Å²) in [6.07, 6.45) is 3.17. The zero-order valence-corrected chi connectivity index (χ0v) is 22.2. The topological polar surface area (TPSA) is 87.7 Å². The van der Waals surface area contributed by atoms with Crippen LogP contribution in [0.5, 0.6) is 0 Å². The smallest absolute Gasteiger partial charge is 0.408 e. The second-order valence-corrected chi connectivity index (χ2v) is 10.7. The fraction of sp³-hybridized carbons (Fsp3) is 0.667. The van der Waals surface area contributed by atoms with Crippen LogP contribution in [0.1, 0.15) is 90.0 Å². The summed E-state index contributed by atoms with van der Waals surface area (Å²) in [7, 11) is 0. The van der Waals surface area contributed by atoms with Gasteiger partial charge in [-0.3, -0.25) is 9.59 Å². The number of hydrogen-bond acceptors (Lipinski definition) is 4. The summed E-state index contributed by atoms with van der Waals surface area (Å²) in [4.78, 5) is 41.3. The van der Waals surface area contributed by atoms with Crippen LogP contribution in [0.3, 0.4) is 0 Å². The molecule has 0 bridgehead atoms. The van der Waals surface area contributed by atoms with Crippen LogP contribution in [0.25, 0.3) is 0 Å². The molecule has 0 saturated heterocycles. The Labute approximate surface area is 205 Å². The molecular formula is C27H43N3O4. The van der Waals surface area contributed by atoms with E-state index < -0.39 is 23.8 Å². The fourth-order valence-corrected chi connectivity index (χ4v) is 4.17. The van der Waals surface area contributed by atoms with E-state index in [1.54, 1.807) is 32.6 Å². The van der Waals surface area contributed by atoms with Gasteiger partial charge in [0.1, 0.15) is 17.7 Å². The number of nitrogens with one attached hydrogen (secondary N) is 2. The minimum absolute atomic E-state index is 0.0533. The van der Waals surface area contributed by atoms with Gasteiger partial charge in [-0.15, -0.1) is 0 Å². The van der Waals surface area contributed by atoms with E-state index >= 15 is 0 Å². The van der Waals surface area contributed by atoms with Crippen molar-refractivity contribution in [1.82, 2.24) is 15.5 Å². The Hall–Kier alpha value is -2.57. The van der Waals surface area contributed by atoms with Gasteiger partial charge in [0.15, 0.2) is 0 Å². The summed E-state index contributed by atoms with van der Waals surface area (Å²) >= 11 is 0. The van der Waals surface area contributed by atoms with E-state index in [0.717, 1.165) is 42.4 Å². The van der Waals surface area contributed by atoms with Crippen LogP contribution in [0.15, 0.2) is 18.2 Å². The monoisotopic (exact) mass is 473 g/mol. The van der Waals surface area contributed by atoms with Gasteiger partial charge >= 0.3 is 6.09 Å². The number of ether oxygens (including phenoxy) is 1. The minimum atomic E-state index is -0.830. The van der Waals surface area contributed by atoms with Crippen LogP contribution in [0, 0.1) is 19.8 Å². The van der Waals surface area contributed by atoms with Crippen molar-refractivity contribution in [3.8, 4) is 0 Å². The summed E-state index contributed by atoms with van der Waals surface area (Å²) in [5.41, 5.74) is 2.21. The number of benzene rings is 1. The number of carbonyl (C=O) groups is 3. The maximum atomic E-state index is 13.7. The van der Waals surface area contributed by atoms with Gasteiger partial charge in [-0.25, -0.2) is 4.79 Å². The van der Waals surface area contributed by atoms with Crippen molar-refractivity contribution in [3.05, 3.63) is 34.9 Å². The van der Waals surface area contributed by atoms with Crippen LogP contribution in [0.4, 0.5) is 4.79 Å². The third-order valence-corrected chi connectivity index (χ3v) is 6.11. The molecule has 4 unspecified atom stereocenters. The molecule has 0 heterocycles. The summed E-state index contributed by atoms with van der Waals surface area (Å²) < 4.78 is 5.34. The number of rotatable bonds is 10. The molecule has 1 aliphatic carbocycles. The highest BCUT2D eigenvalue weighted by atomic mass is 16.6. The van der Waals surface area contributed by atoms with E-state index in [0.29, 0.717) is 12.5 Å². The Morgan fingerprint density at radius 1 is 1.18 bits per heavy atom. The van der Waals surface area contributed by atoms with Crippen molar-refractivity contribution in [2.45, 2.75) is 105 Å². The molecular weight excluding hydrogens is 430 g/mol. The average molecular weight is 474 g/mol. The maximum Gasteiger partial charge on any atom is 0.408 e. The summed E-state index contributed by atoms with van der Waals surface area (Å²) in [6, 6.07) is 4.31. The SMILES string of the molecule is CCCCCNC(=O)C(c1ccc(C)cc1C)N(C(=O)C(C)NC(=O)OC(C)(C)C)C1CC1C. The molecule has 1 aromatic carbocycles. The van der Waals surface area contributed by atoms with Crippen molar-refractivity contribution in [1.29, 1.82) is 0 Å². The Kier molecular flexibility index (Phi) is 9.54. The van der Waals surface area contributed by atoms with Crippen molar-refractivity contribution >= 4 is 17.9 Å². The molecule has 0 spiro atoms. The number of alkyl carbamates (subject to hydrolysis) is 1. The molecule has 2 rings (SSSR count). The van der Waals surface area contributed by atoms with Crippen molar-refractivity contribution in [2.75, 3.05) is 6.54 Å². The molecule has 4 atom stereocenters. The molecule has 190 valence electrons. The number of aryl methyl sites for hydroxylation is 2. The predicted octanol–water partition coefficient (Wildman–Crippen LogP) is 4.80. The zero-order valence-electron chi connectivity index (χ0n) is 22.2. The molecule has 2 N–H and O–H groups in total. The molecule has 3 amide bonds. The lowest BCUT2D eigenvalue weighted by atomic mass is 9.96. The summed E-state index contributed by atoms with van der Waals surface area (Å²) in [5, 5.41) is 5.72. The van der Waals surface area contributed by atoms with Crippen LogP contribution in [0.2, 0.25) is 0 Å². The number of nitrogens with zero attached hydrogens (tertiary/aromatic N) is 1. The summed E-state index contributed by atoms with van der Waals surface area (Å²) in [5.74, 6) is -0.173. The molecule has 1 aromatic rings. The molecule has 1 saturated carbocycles. The van der Waals surface area contributed by atoms with E-state index in [4.69, 9.17) is 4.74 Å². The van der Waals surface area contributed by atoms with Gasteiger partial charge in [0, 0.05) is 12.6 Å². The molecule has 0 aliphatic heterocycles. The lowest BCUT2D eigenvalue weighted by Gasteiger charge is -2.35. The largest absolute Gasteiger partial charge is 0.444 e. The first-order valence-electron chi connectivity index (χ1n) is 12.5. The van der Waals surface area contributed by atoms with Gasteiger partial charge in [-0.2, -0.15) is 0 Å². The van der Waals surface area contributed by atoms with Crippen LogP contribution in [-0.4, -0.2) is 47.0 Å². The second-order valence-electron chi connectivity index (χ2n) is 10.7. The van der Waals surface area contributed by atoms with Crippen LogP contribution in [-0.2, 0) is 14.3 Å². The molecule has 1 aliphatic rings. The Bertz CT molecular complexity index is 877. The highest BCUT2D eigenvalue weighted by Crippen LogP contribution is 2.41. The number of amides is 3. The third-order valence-electron chi connectivity index (χ3n) is 6.11. The maximum absolute atomic E-state index is 13.7. The molecule has 34 heavy (non-hydrogen) atoms. The predicted molar refractivity (Wildman–Crippen MR) is 134 cm³/mol. The number of hydrogen-bond donors (Lipinski definition) is 2. The molecule has 1 fully saturated rings. The van der Waals surface area contributed by atoms with Gasteiger partial charge in [-0.1, -0.05) is 50.5 Å². The van der Waals surface area contributed by atoms with Crippen molar-refractivity contribution < 1.29 is 19.1 Å². The van der Waals surface area contributed by atoms with Crippen molar-refractivity contribution in [3.63, 3.8) is 0 Å². The Balaban J connectivity index is 2.36. The Morgan fingerprint density at radius 3 is 2.35 bits per heavy atom. The molecule has 7 heteroatoms. The quantitative estimate of drug-likeness (QED) is 0.478. The van der Waals surface area contributed by atoms with E-state index in [9.17, 15) is 14.4 Å². The van der Waals surface area contributed by atoms with E-state index in [1.165, 1.54) is 0 Å². The third kappa shape index (κ3) is 7.74. The molecule has 0 radical (unpaired) electrons. The van der Waals surface area contributed by atoms with E-state index in [2.05, 4.69) is 24.5 Å². The van der Waals surface area contributed by atoms with Gasteiger partial charge < -0.3 is 20.3 Å². The second kappa shape index (κ2) is 11.7. The van der Waals surface area contributed by atoms with Crippen molar-refractivity contribution in [2.24, 2.45) is 5.92 Å². The Morgan fingerprint density at radius 2 is 1.82 bits per heavy atom. The number of unbranched alkanes of at least 4 members (excludes halogenated alkanes) is 2. The lowest BCUT2D eigenvalue weighted by molar-refractivity contribution is -0.143. The number of carbonyl (C=O) groups excluding carboxylic acids is 3. The minimum Gasteiger partial charge on any atom is -0.444 e. The molecule has 7 nitrogen and oxygen atoms in total. The van der Waals surface area contributed by atoms with Gasteiger partial charge in [0.2, 0.25) is 11.8 Å². The first-order valence-corrected chi connectivity index (χ1v) is 12.5. The van der Waals surface area contributed by atoms with E-state index in [1.807, 2.05) is 32.0 Å². The van der Waals surface area contributed by atoms with E-state index in [-0.39, 0.29) is 17.9 Å².